The zero-order valence-corrected chi connectivity index (χ0v) is 20.8. The van der Waals surface area contributed by atoms with Crippen LogP contribution in [-0.4, -0.2) is 32.6 Å². The van der Waals surface area contributed by atoms with Crippen LogP contribution < -0.4 is 13.8 Å². The molecule has 0 bridgehead atoms. The Hall–Kier alpha value is -3.37. The first kappa shape index (κ1) is 25.7. The Bertz CT molecular complexity index is 1410. The van der Waals surface area contributed by atoms with Gasteiger partial charge in [0.1, 0.15) is 18.2 Å². The maximum Gasteiger partial charge on any atom is 0.308 e. The van der Waals surface area contributed by atoms with E-state index in [1.807, 2.05) is 0 Å². The summed E-state index contributed by atoms with van der Waals surface area (Å²) >= 11 is 6.06. The van der Waals surface area contributed by atoms with E-state index >= 15 is 0 Å². The lowest BCUT2D eigenvalue weighted by atomic mass is 9.88. The molecule has 3 aromatic rings. The second-order valence-corrected chi connectivity index (χ2v) is 10.5. The van der Waals surface area contributed by atoms with Crippen LogP contribution in [0.1, 0.15) is 18.1 Å². The van der Waals surface area contributed by atoms with Crippen molar-refractivity contribution in [3.63, 3.8) is 0 Å². The Kier molecular flexibility index (Phi) is 7.10. The number of hydrogen-bond donors (Lipinski definition) is 1. The summed E-state index contributed by atoms with van der Waals surface area (Å²) in [6.07, 6.45) is 0.0873. The molecule has 7 nitrogen and oxygen atoms in total. The Labute approximate surface area is 211 Å². The van der Waals surface area contributed by atoms with Crippen molar-refractivity contribution >= 4 is 33.3 Å². The van der Waals surface area contributed by atoms with Crippen LogP contribution in [0.4, 0.5) is 14.5 Å². The van der Waals surface area contributed by atoms with Crippen LogP contribution in [0.2, 0.25) is 5.02 Å². The number of anilines is 1. The molecule has 0 spiro atoms. The number of hydrogen-bond acceptors (Lipinski definition) is 5. The topological polar surface area (TPSA) is 93.1 Å². The van der Waals surface area contributed by atoms with Crippen LogP contribution in [-0.2, 0) is 27.8 Å². The van der Waals surface area contributed by atoms with E-state index in [0.29, 0.717) is 5.56 Å². The number of aliphatic carboxylic acids is 1. The summed E-state index contributed by atoms with van der Waals surface area (Å²) in [6.45, 7) is 1.28. The van der Waals surface area contributed by atoms with Gasteiger partial charge in [-0.2, -0.15) is 0 Å². The van der Waals surface area contributed by atoms with Gasteiger partial charge in [0.2, 0.25) is 0 Å². The Morgan fingerprint density at radius 2 is 1.89 bits per heavy atom. The second kappa shape index (κ2) is 9.94. The average molecular weight is 538 g/mol. The minimum absolute atomic E-state index is 0.0873. The first-order valence-corrected chi connectivity index (χ1v) is 12.7. The number of fused-ring (bicyclic) bond motifs is 1. The maximum atomic E-state index is 14.1. The molecule has 3 aromatic carbocycles. The maximum absolute atomic E-state index is 14.1. The van der Waals surface area contributed by atoms with Crippen LogP contribution in [0.3, 0.4) is 0 Å². The quantitative estimate of drug-likeness (QED) is 0.453. The van der Waals surface area contributed by atoms with Crippen molar-refractivity contribution in [2.24, 2.45) is 5.92 Å². The number of carboxylic acid groups (broad SMARTS) is 1. The summed E-state index contributed by atoms with van der Waals surface area (Å²) in [6, 6.07) is 10.9. The fourth-order valence-corrected chi connectivity index (χ4v) is 6.14. The van der Waals surface area contributed by atoms with Crippen LogP contribution in [0.5, 0.6) is 11.5 Å². The highest BCUT2D eigenvalue weighted by atomic mass is 35.5. The average Bonchev–Trinajstić information content (AvgIpc) is 2.83. The summed E-state index contributed by atoms with van der Waals surface area (Å²) < 4.78 is 67.2. The third-order valence-corrected chi connectivity index (χ3v) is 8.38. The molecular formula is C25H22ClF2NO6S. The molecule has 36 heavy (non-hydrogen) atoms. The molecule has 1 heterocycles. The van der Waals surface area contributed by atoms with Gasteiger partial charge in [-0.3, -0.25) is 9.10 Å². The van der Waals surface area contributed by atoms with Gasteiger partial charge in [0, 0.05) is 17.7 Å². The van der Waals surface area contributed by atoms with E-state index in [-0.39, 0.29) is 45.7 Å². The minimum atomic E-state index is -4.35. The van der Waals surface area contributed by atoms with Crippen molar-refractivity contribution in [1.82, 2.24) is 0 Å². The third kappa shape index (κ3) is 4.70. The number of nitrogens with zero attached hydrogens (tertiary/aromatic N) is 1. The van der Waals surface area contributed by atoms with E-state index in [1.54, 1.807) is 12.1 Å². The molecule has 0 amide bonds. The number of ether oxygens (including phenoxy) is 2. The van der Waals surface area contributed by atoms with Crippen molar-refractivity contribution in [3.8, 4) is 11.5 Å². The zero-order chi connectivity index (χ0) is 26.2. The van der Waals surface area contributed by atoms with Gasteiger partial charge in [-0.05, 0) is 49.2 Å². The van der Waals surface area contributed by atoms with E-state index in [1.165, 1.54) is 38.3 Å². The van der Waals surface area contributed by atoms with Crippen molar-refractivity contribution in [1.29, 1.82) is 0 Å². The van der Waals surface area contributed by atoms with Crippen molar-refractivity contribution in [3.05, 3.63) is 82.4 Å². The molecule has 0 radical (unpaired) electrons. The lowest BCUT2D eigenvalue weighted by Crippen LogP contribution is -2.49. The number of sulfonamides is 1. The minimum Gasteiger partial charge on any atom is -0.494 e. The molecule has 0 saturated heterocycles. The fourth-order valence-electron chi connectivity index (χ4n) is 4.18. The van der Waals surface area contributed by atoms with Gasteiger partial charge in [0.25, 0.3) is 10.0 Å². The lowest BCUT2D eigenvalue weighted by molar-refractivity contribution is -0.142. The van der Waals surface area contributed by atoms with E-state index in [0.717, 1.165) is 22.5 Å². The summed E-state index contributed by atoms with van der Waals surface area (Å²) in [5, 5.41) is 9.94. The van der Waals surface area contributed by atoms with Gasteiger partial charge < -0.3 is 14.6 Å². The number of carbonyl (C=O) groups is 1. The summed E-state index contributed by atoms with van der Waals surface area (Å²) in [4.78, 5) is 11.7. The summed E-state index contributed by atoms with van der Waals surface area (Å²) in [5.74, 6) is -3.51. The molecule has 11 heteroatoms. The Morgan fingerprint density at radius 1 is 1.14 bits per heavy atom. The van der Waals surface area contributed by atoms with Crippen LogP contribution in [0, 0.1) is 17.6 Å². The van der Waals surface area contributed by atoms with E-state index in [9.17, 15) is 27.1 Å². The SMILES string of the molecule is COc1cc(S(=O)(=O)N2c3cc(OCc4c(F)cccc4Cl)ccc3CC(C(=O)O)[C@H]2C)ccc1F. The first-order chi connectivity index (χ1) is 17.0. The fraction of sp³-hybridized carbons (Fsp3) is 0.240. The number of benzene rings is 3. The molecule has 2 atom stereocenters. The van der Waals surface area contributed by atoms with Gasteiger partial charge in [-0.25, -0.2) is 17.2 Å². The molecule has 0 aliphatic carbocycles. The molecule has 1 aliphatic heterocycles. The molecule has 0 saturated carbocycles. The van der Waals surface area contributed by atoms with E-state index in [2.05, 4.69) is 0 Å². The summed E-state index contributed by atoms with van der Waals surface area (Å²) in [5.41, 5.74) is 0.814. The van der Waals surface area contributed by atoms with Gasteiger partial charge in [0.05, 0.1) is 34.7 Å². The highest BCUT2D eigenvalue weighted by Gasteiger charge is 2.42. The van der Waals surface area contributed by atoms with E-state index < -0.39 is 39.6 Å². The van der Waals surface area contributed by atoms with Gasteiger partial charge in [-0.15, -0.1) is 0 Å². The first-order valence-electron chi connectivity index (χ1n) is 10.8. The molecule has 4 rings (SSSR count). The van der Waals surface area contributed by atoms with Gasteiger partial charge >= 0.3 is 5.97 Å². The van der Waals surface area contributed by atoms with Gasteiger partial charge in [-0.1, -0.05) is 23.7 Å². The smallest absolute Gasteiger partial charge is 0.308 e. The molecular weight excluding hydrogens is 516 g/mol. The van der Waals surface area contributed by atoms with Crippen LogP contribution >= 0.6 is 11.6 Å². The van der Waals surface area contributed by atoms with E-state index in [4.69, 9.17) is 21.1 Å². The highest BCUT2D eigenvalue weighted by Crippen LogP contribution is 2.41. The molecule has 1 unspecified atom stereocenters. The zero-order valence-electron chi connectivity index (χ0n) is 19.2. The number of rotatable bonds is 7. The molecule has 190 valence electrons. The molecule has 1 N–H and O–H groups in total. The summed E-state index contributed by atoms with van der Waals surface area (Å²) in [7, 11) is -3.14. The Balaban J connectivity index is 1.77. The number of halogens is 3. The van der Waals surface area contributed by atoms with Crippen LogP contribution in [0.15, 0.2) is 59.5 Å². The lowest BCUT2D eigenvalue weighted by Gasteiger charge is -2.39. The van der Waals surface area contributed by atoms with Crippen molar-refractivity contribution < 1.29 is 36.6 Å². The van der Waals surface area contributed by atoms with Gasteiger partial charge in [0.15, 0.2) is 11.6 Å². The largest absolute Gasteiger partial charge is 0.494 e. The second-order valence-electron chi connectivity index (χ2n) is 8.27. The van der Waals surface area contributed by atoms with Crippen molar-refractivity contribution in [2.75, 3.05) is 11.4 Å². The number of carboxylic acids is 1. The molecule has 0 fully saturated rings. The Morgan fingerprint density at radius 3 is 2.56 bits per heavy atom. The normalized spacial score (nSPS) is 17.4. The third-order valence-electron chi connectivity index (χ3n) is 6.13. The standard InChI is InChI=1S/C25H22ClF2NO6S/c1-14-18(25(30)31)10-15-6-7-16(35-13-19-20(26)4-3-5-21(19)27)11-23(15)29(14)36(32,33)17-8-9-22(28)24(12-17)34-2/h3-9,11-12,14,18H,10,13H2,1-2H3,(H,30,31)/t14-,18?/m1/s1. The highest BCUT2D eigenvalue weighted by molar-refractivity contribution is 7.92. The molecule has 1 aliphatic rings. The van der Waals surface area contributed by atoms with Crippen molar-refractivity contribution in [2.45, 2.75) is 30.9 Å². The molecule has 0 aromatic heterocycles. The predicted molar refractivity (Wildman–Crippen MR) is 129 cm³/mol. The predicted octanol–water partition coefficient (Wildman–Crippen LogP) is 5.05. The number of methoxy groups -OCH3 is 1. The monoisotopic (exact) mass is 537 g/mol. The van der Waals surface area contributed by atoms with Crippen LogP contribution in [0.25, 0.3) is 0 Å².